The highest BCUT2D eigenvalue weighted by Gasteiger charge is 2.47. The standard InChI is InChI=1S/C51H42N2/c1-51(2)45-31-39(34-21-24-37(25-22-34)50-52-46(35-14-5-3-6-15-35)32-47(53-50)36-16-7-4-8-17-36)27-28-43(45)48-44(30-40-19-11-12-20-42(40)49(48)51)41-26-23-33-13-9-10-18-38(33)29-41/h3-25,27-32,41,44,48,50,52H,26H2,1-2H3. The van der Waals surface area contributed by atoms with Crippen molar-refractivity contribution in [3.05, 3.63) is 206 Å². The lowest BCUT2D eigenvalue weighted by Crippen LogP contribution is -2.41. The van der Waals surface area contributed by atoms with Gasteiger partial charge in [-0.15, -0.1) is 0 Å². The second-order valence-electron chi connectivity index (χ2n) is 15.5. The van der Waals surface area contributed by atoms with Crippen LogP contribution in [0.25, 0.3) is 40.6 Å². The van der Waals surface area contributed by atoms with E-state index in [4.69, 9.17) is 4.99 Å². The van der Waals surface area contributed by atoms with Crippen LogP contribution in [0.15, 0.2) is 163 Å². The predicted octanol–water partition coefficient (Wildman–Crippen LogP) is 8.40. The maximum Gasteiger partial charge on any atom is 0.145 e. The molecule has 3 aliphatic carbocycles. The quantitative estimate of drug-likeness (QED) is 0.194. The van der Waals surface area contributed by atoms with E-state index in [0.717, 1.165) is 34.5 Å². The number of hydrogen-bond acceptors (Lipinski definition) is 2. The van der Waals surface area contributed by atoms with E-state index in [1.165, 1.54) is 43.1 Å². The number of benzene rings is 6. The molecule has 0 spiro atoms. The van der Waals surface area contributed by atoms with Gasteiger partial charge in [0.15, 0.2) is 0 Å². The smallest absolute Gasteiger partial charge is 0.145 e. The lowest BCUT2D eigenvalue weighted by atomic mass is 9.68. The summed E-state index contributed by atoms with van der Waals surface area (Å²) in [5.74, 6) is 1.20. The average Bonchev–Trinajstić information content (AvgIpc) is 3.47. The maximum absolute atomic E-state index is 5.20. The molecule has 4 atom stereocenters. The van der Waals surface area contributed by atoms with E-state index in [0.29, 0.717) is 17.8 Å². The molecule has 2 heteroatoms. The topological polar surface area (TPSA) is 24.4 Å². The SMILES string of the molecule is CC1(C)C2=c3ccccc3=CC(C3C=c4ccccc4=CC3)C2c2ccc(-c3ccc(C4N=C(c5ccccc5)C=C(c5ccccc5)N4)cc3)cc21. The zero-order valence-electron chi connectivity index (χ0n) is 30.2. The van der Waals surface area contributed by atoms with Crippen molar-refractivity contribution in [1.29, 1.82) is 0 Å². The van der Waals surface area contributed by atoms with Crippen LogP contribution in [0.1, 0.15) is 60.2 Å². The van der Waals surface area contributed by atoms with E-state index < -0.39 is 0 Å². The van der Waals surface area contributed by atoms with Crippen molar-refractivity contribution in [3.63, 3.8) is 0 Å². The fourth-order valence-electron chi connectivity index (χ4n) is 9.48. The van der Waals surface area contributed by atoms with E-state index in [1.54, 1.807) is 5.57 Å². The van der Waals surface area contributed by atoms with Gasteiger partial charge in [-0.05, 0) is 95.8 Å². The van der Waals surface area contributed by atoms with Crippen molar-refractivity contribution in [1.82, 2.24) is 5.32 Å². The molecule has 10 rings (SSSR count). The minimum atomic E-state index is -0.188. The lowest BCUT2D eigenvalue weighted by molar-refractivity contribution is 0.486. The zero-order chi connectivity index (χ0) is 35.5. The molecule has 6 aromatic carbocycles. The number of fused-ring (bicyclic) bond motifs is 5. The molecule has 2 nitrogen and oxygen atoms in total. The maximum atomic E-state index is 5.20. The Morgan fingerprint density at radius 1 is 0.604 bits per heavy atom. The summed E-state index contributed by atoms with van der Waals surface area (Å²) in [6.07, 6.45) is 10.6. The van der Waals surface area contributed by atoms with Gasteiger partial charge in [0.2, 0.25) is 0 Å². The Labute approximate surface area is 311 Å². The molecule has 0 bridgehead atoms. The van der Waals surface area contributed by atoms with Gasteiger partial charge in [-0.2, -0.15) is 0 Å². The molecule has 0 saturated heterocycles. The van der Waals surface area contributed by atoms with Gasteiger partial charge in [-0.25, -0.2) is 0 Å². The molecule has 4 unspecified atom stereocenters. The van der Waals surface area contributed by atoms with Gasteiger partial charge in [0.1, 0.15) is 6.17 Å². The number of allylic oxidation sites excluding steroid dienone is 1. The number of hydrogen-bond donors (Lipinski definition) is 1. The van der Waals surface area contributed by atoms with Crippen molar-refractivity contribution in [2.24, 2.45) is 16.8 Å². The first-order valence-corrected chi connectivity index (χ1v) is 19.0. The van der Waals surface area contributed by atoms with Crippen molar-refractivity contribution in [2.45, 2.75) is 37.8 Å². The summed E-state index contributed by atoms with van der Waals surface area (Å²) in [7, 11) is 0. The van der Waals surface area contributed by atoms with E-state index in [-0.39, 0.29) is 11.6 Å². The molecular formula is C51H42N2. The van der Waals surface area contributed by atoms with Gasteiger partial charge >= 0.3 is 0 Å². The Balaban J connectivity index is 1.01. The van der Waals surface area contributed by atoms with Crippen LogP contribution in [0, 0.1) is 11.8 Å². The summed E-state index contributed by atoms with van der Waals surface area (Å²) in [6.45, 7) is 4.91. The van der Waals surface area contributed by atoms with Crippen LogP contribution >= 0.6 is 0 Å². The summed E-state index contributed by atoms with van der Waals surface area (Å²) >= 11 is 0. The first-order valence-electron chi connectivity index (χ1n) is 19.0. The second kappa shape index (κ2) is 12.6. The Kier molecular flexibility index (Phi) is 7.54. The molecule has 53 heavy (non-hydrogen) atoms. The van der Waals surface area contributed by atoms with Crippen LogP contribution in [0.3, 0.4) is 0 Å². The minimum Gasteiger partial charge on any atom is -0.360 e. The highest BCUT2D eigenvalue weighted by molar-refractivity contribution is 6.13. The molecule has 0 fully saturated rings. The van der Waals surface area contributed by atoms with Gasteiger partial charge < -0.3 is 5.32 Å². The van der Waals surface area contributed by atoms with Crippen LogP contribution in [0.2, 0.25) is 0 Å². The lowest BCUT2D eigenvalue weighted by Gasteiger charge is -2.35. The summed E-state index contributed by atoms with van der Waals surface area (Å²) in [4.78, 5) is 5.20. The van der Waals surface area contributed by atoms with Crippen LogP contribution in [0.4, 0.5) is 0 Å². The van der Waals surface area contributed by atoms with Crippen molar-refractivity contribution in [2.75, 3.05) is 0 Å². The average molecular weight is 683 g/mol. The molecule has 256 valence electrons. The Morgan fingerprint density at radius 3 is 2.04 bits per heavy atom. The molecule has 0 saturated carbocycles. The second-order valence-corrected chi connectivity index (χ2v) is 15.5. The molecular weight excluding hydrogens is 641 g/mol. The van der Waals surface area contributed by atoms with Crippen molar-refractivity contribution in [3.8, 4) is 11.1 Å². The molecule has 6 aromatic rings. The monoisotopic (exact) mass is 682 g/mol. The van der Waals surface area contributed by atoms with Gasteiger partial charge in [-0.3, -0.25) is 4.99 Å². The fourth-order valence-corrected chi connectivity index (χ4v) is 9.48. The minimum absolute atomic E-state index is 0.0937. The van der Waals surface area contributed by atoms with Gasteiger partial charge in [0.25, 0.3) is 0 Å². The van der Waals surface area contributed by atoms with Crippen molar-refractivity contribution >= 4 is 35.2 Å². The molecule has 4 aliphatic rings. The normalized spacial score (nSPS) is 21.9. The molecule has 0 amide bonds. The van der Waals surface area contributed by atoms with Crippen molar-refractivity contribution < 1.29 is 0 Å². The molecule has 0 aromatic heterocycles. The van der Waals surface area contributed by atoms with Crippen LogP contribution in [0.5, 0.6) is 0 Å². The van der Waals surface area contributed by atoms with Gasteiger partial charge in [0, 0.05) is 17.0 Å². The summed E-state index contributed by atoms with van der Waals surface area (Å²) in [5.41, 5.74) is 12.4. The zero-order valence-corrected chi connectivity index (χ0v) is 30.2. The van der Waals surface area contributed by atoms with E-state index in [1.807, 2.05) is 0 Å². The van der Waals surface area contributed by atoms with E-state index >= 15 is 0 Å². The van der Waals surface area contributed by atoms with Crippen LogP contribution in [-0.4, -0.2) is 5.71 Å². The highest BCUT2D eigenvalue weighted by Crippen LogP contribution is 2.57. The third kappa shape index (κ3) is 5.44. The largest absolute Gasteiger partial charge is 0.360 e. The van der Waals surface area contributed by atoms with E-state index in [2.05, 4.69) is 195 Å². The summed E-state index contributed by atoms with van der Waals surface area (Å²) < 4.78 is 0. The molecule has 0 radical (unpaired) electrons. The number of rotatable bonds is 5. The van der Waals surface area contributed by atoms with Crippen LogP contribution in [-0.2, 0) is 5.41 Å². The molecule has 1 aliphatic heterocycles. The first-order chi connectivity index (χ1) is 26.0. The van der Waals surface area contributed by atoms with Gasteiger partial charge in [0.05, 0.1) is 5.71 Å². The number of aliphatic imine (C=N–C) groups is 1. The highest BCUT2D eigenvalue weighted by atomic mass is 15.1. The summed E-state index contributed by atoms with van der Waals surface area (Å²) in [6, 6.07) is 55.3. The number of nitrogens with one attached hydrogen (secondary N) is 1. The Morgan fingerprint density at radius 2 is 1.26 bits per heavy atom. The third-order valence-electron chi connectivity index (χ3n) is 12.1. The fraction of sp³-hybridized carbons (Fsp3) is 0.157. The molecule has 1 N–H and O–H groups in total. The predicted molar refractivity (Wildman–Crippen MR) is 221 cm³/mol. The third-order valence-corrected chi connectivity index (χ3v) is 12.1. The van der Waals surface area contributed by atoms with Crippen LogP contribution < -0.4 is 26.2 Å². The van der Waals surface area contributed by atoms with Gasteiger partial charge in [-0.1, -0.05) is 178 Å². The number of nitrogens with zero attached hydrogens (tertiary/aromatic N) is 1. The summed E-state index contributed by atoms with van der Waals surface area (Å²) in [5, 5.41) is 9.26. The Hall–Kier alpha value is -5.99. The van der Waals surface area contributed by atoms with E-state index in [9.17, 15) is 0 Å². The Bertz CT molecular complexity index is 2700. The first kappa shape index (κ1) is 31.7. The molecule has 1 heterocycles.